The van der Waals surface area contributed by atoms with E-state index in [0.29, 0.717) is 0 Å². The Balaban J connectivity index is 5.94. The number of rotatable bonds is 5. The average Bonchev–Trinajstić information content (AvgIpc) is 1.92. The molecule has 18 heavy (non-hydrogen) atoms. The Bertz CT molecular complexity index is 383. The lowest BCUT2D eigenvalue weighted by atomic mass is 9.87. The lowest BCUT2D eigenvalue weighted by Crippen LogP contribution is -2.61. The van der Waals surface area contributed by atoms with E-state index in [9.17, 15) is 14.2 Å². The molecule has 0 radical (unpaired) electrons. The van der Waals surface area contributed by atoms with E-state index in [0.717, 1.165) is 6.92 Å². The van der Waals surface area contributed by atoms with E-state index in [-0.39, 0.29) is 0 Å². The molecular weight excluding hydrogens is 286 g/mol. The lowest BCUT2D eigenvalue weighted by Gasteiger charge is -2.44. The van der Waals surface area contributed by atoms with Gasteiger partial charge >= 0.3 is 15.2 Å². The number of hydrogen-bond donors (Lipinski definition) is 7. The van der Waals surface area contributed by atoms with Gasteiger partial charge in [0.15, 0.2) is 0 Å². The topological polar surface area (TPSA) is 187 Å². The van der Waals surface area contributed by atoms with Gasteiger partial charge in [0.2, 0.25) is 0 Å². The summed E-state index contributed by atoms with van der Waals surface area (Å²) < 4.78 is 22.5. The fourth-order valence-corrected chi connectivity index (χ4v) is 4.75. The van der Waals surface area contributed by atoms with Gasteiger partial charge in [0.25, 0.3) is 5.08 Å². The molecule has 0 spiro atoms. The van der Waals surface area contributed by atoms with Crippen molar-refractivity contribution in [2.45, 2.75) is 43.4 Å². The van der Waals surface area contributed by atoms with E-state index in [4.69, 9.17) is 31.0 Å². The first-order valence-electron chi connectivity index (χ1n) is 4.87. The SMILES string of the molecule is CC(C)(N)CC(C)(N)C(O)(P(=O)(O)O)P(=O)(O)O. The van der Waals surface area contributed by atoms with Crippen LogP contribution in [0.3, 0.4) is 0 Å². The van der Waals surface area contributed by atoms with E-state index in [1.54, 1.807) is 0 Å². The molecule has 9 nitrogen and oxygen atoms in total. The summed E-state index contributed by atoms with van der Waals surface area (Å²) in [6.45, 7) is 3.82. The van der Waals surface area contributed by atoms with Crippen LogP contribution in [0.2, 0.25) is 0 Å². The van der Waals surface area contributed by atoms with Gasteiger partial charge in [0.05, 0.1) is 5.54 Å². The fraction of sp³-hybridized carbons (Fsp3) is 1.00. The summed E-state index contributed by atoms with van der Waals surface area (Å²) in [5, 5.41) is 6.18. The predicted octanol–water partition coefficient (Wildman–Crippen LogP) is -1.17. The molecule has 0 aliphatic heterocycles. The molecule has 0 aromatic rings. The second-order valence-electron chi connectivity index (χ2n) is 5.31. The monoisotopic (exact) mass is 306 g/mol. The largest absolute Gasteiger partial charge is 0.371 e. The normalized spacial score (nSPS) is 18.6. The third kappa shape index (κ3) is 3.39. The molecule has 0 bridgehead atoms. The molecule has 0 aliphatic carbocycles. The maximum atomic E-state index is 11.3. The van der Waals surface area contributed by atoms with Gasteiger partial charge in [-0.2, -0.15) is 0 Å². The van der Waals surface area contributed by atoms with Crippen LogP contribution in [0.25, 0.3) is 0 Å². The molecule has 0 aromatic carbocycles. The minimum atomic E-state index is -5.60. The molecule has 0 heterocycles. The zero-order valence-corrected chi connectivity index (χ0v) is 12.1. The van der Waals surface area contributed by atoms with Crippen LogP contribution in [0.5, 0.6) is 0 Å². The van der Waals surface area contributed by atoms with Crippen molar-refractivity contribution in [1.29, 1.82) is 0 Å². The van der Waals surface area contributed by atoms with Crippen molar-refractivity contribution in [2.24, 2.45) is 11.5 Å². The highest BCUT2D eigenvalue weighted by Gasteiger charge is 2.68. The van der Waals surface area contributed by atoms with Crippen LogP contribution in [-0.2, 0) is 9.13 Å². The molecule has 1 atom stereocenters. The van der Waals surface area contributed by atoms with Gasteiger partial charge < -0.3 is 36.1 Å². The molecule has 0 amide bonds. The minimum absolute atomic E-state index is 0.424. The Morgan fingerprint density at radius 2 is 1.22 bits per heavy atom. The van der Waals surface area contributed by atoms with Gasteiger partial charge in [-0.05, 0) is 27.2 Å². The fourth-order valence-electron chi connectivity index (χ4n) is 1.90. The smallest absolute Gasteiger partial charge is 0.366 e. The van der Waals surface area contributed by atoms with Crippen LogP contribution >= 0.6 is 15.2 Å². The van der Waals surface area contributed by atoms with Crippen molar-refractivity contribution < 1.29 is 33.8 Å². The number of aliphatic hydroxyl groups is 1. The van der Waals surface area contributed by atoms with E-state index in [2.05, 4.69) is 0 Å². The van der Waals surface area contributed by atoms with Gasteiger partial charge in [-0.1, -0.05) is 0 Å². The van der Waals surface area contributed by atoms with E-state index in [1.807, 2.05) is 0 Å². The Morgan fingerprint density at radius 1 is 0.944 bits per heavy atom. The van der Waals surface area contributed by atoms with Gasteiger partial charge in [-0.3, -0.25) is 9.13 Å². The minimum Gasteiger partial charge on any atom is -0.366 e. The van der Waals surface area contributed by atoms with Gasteiger partial charge in [0, 0.05) is 5.54 Å². The molecule has 11 heteroatoms. The molecule has 0 aromatic heterocycles. The summed E-state index contributed by atoms with van der Waals surface area (Å²) in [6, 6.07) is 0. The summed E-state index contributed by atoms with van der Waals surface area (Å²) in [4.78, 5) is 36.2. The number of nitrogens with two attached hydrogens (primary N) is 2. The second-order valence-corrected chi connectivity index (χ2v) is 9.13. The highest BCUT2D eigenvalue weighted by molar-refractivity contribution is 7.72. The molecule has 0 fully saturated rings. The van der Waals surface area contributed by atoms with Crippen molar-refractivity contribution >= 4 is 15.2 Å². The van der Waals surface area contributed by atoms with Crippen molar-refractivity contribution in [3.8, 4) is 0 Å². The van der Waals surface area contributed by atoms with Gasteiger partial charge in [-0.15, -0.1) is 0 Å². The van der Waals surface area contributed by atoms with Crippen LogP contribution in [0.1, 0.15) is 27.2 Å². The Kier molecular flexibility index (Phi) is 4.67. The average molecular weight is 306 g/mol. The molecule has 0 rings (SSSR count). The zero-order chi connectivity index (χ0) is 15.2. The molecule has 1 unspecified atom stereocenters. The summed E-state index contributed by atoms with van der Waals surface area (Å²) in [7, 11) is -11.2. The first-order valence-corrected chi connectivity index (χ1v) is 8.10. The van der Waals surface area contributed by atoms with E-state index < -0.39 is 37.8 Å². The summed E-state index contributed by atoms with van der Waals surface area (Å²) in [5.74, 6) is 0. The maximum Gasteiger partial charge on any atom is 0.371 e. The van der Waals surface area contributed by atoms with Crippen LogP contribution in [0.15, 0.2) is 0 Å². The standard InChI is InChI=1S/C7H20N2O7P2/c1-5(2,8)4-6(3,9)7(10,17(11,12)13)18(14,15)16/h10H,4,8-9H2,1-3H3,(H2,11,12,13)(H2,14,15,16). The lowest BCUT2D eigenvalue weighted by molar-refractivity contribution is 0.0548. The Morgan fingerprint density at radius 3 is 1.39 bits per heavy atom. The van der Waals surface area contributed by atoms with Crippen LogP contribution in [0, 0.1) is 0 Å². The van der Waals surface area contributed by atoms with Crippen molar-refractivity contribution in [3.63, 3.8) is 0 Å². The first-order chi connectivity index (χ1) is 7.46. The third-order valence-electron chi connectivity index (χ3n) is 2.40. The van der Waals surface area contributed by atoms with Gasteiger partial charge in [-0.25, -0.2) is 0 Å². The summed E-state index contributed by atoms with van der Waals surface area (Å²) in [6.07, 6.45) is -0.424. The van der Waals surface area contributed by atoms with Crippen LogP contribution in [0.4, 0.5) is 0 Å². The molecule has 110 valence electrons. The van der Waals surface area contributed by atoms with E-state index in [1.165, 1.54) is 13.8 Å². The number of hydrogen-bond acceptors (Lipinski definition) is 5. The highest BCUT2D eigenvalue weighted by atomic mass is 31.2. The Hall–Kier alpha value is 0.180. The van der Waals surface area contributed by atoms with Crippen LogP contribution in [-0.4, -0.2) is 40.8 Å². The predicted molar refractivity (Wildman–Crippen MR) is 64.5 cm³/mol. The van der Waals surface area contributed by atoms with Crippen LogP contribution < -0.4 is 11.5 Å². The molecule has 0 aliphatic rings. The molecule has 9 N–H and O–H groups in total. The maximum absolute atomic E-state index is 11.3. The van der Waals surface area contributed by atoms with Crippen molar-refractivity contribution in [2.75, 3.05) is 0 Å². The summed E-state index contributed by atoms with van der Waals surface area (Å²) in [5.41, 5.74) is 7.76. The molecule has 0 saturated heterocycles. The quantitative estimate of drug-likeness (QED) is 0.307. The van der Waals surface area contributed by atoms with Crippen molar-refractivity contribution in [1.82, 2.24) is 0 Å². The molecule has 0 saturated carbocycles. The first kappa shape index (κ1) is 18.2. The third-order valence-corrected chi connectivity index (χ3v) is 6.61. The van der Waals surface area contributed by atoms with Crippen molar-refractivity contribution in [3.05, 3.63) is 0 Å². The summed E-state index contributed by atoms with van der Waals surface area (Å²) >= 11 is 0. The second kappa shape index (κ2) is 4.63. The Labute approximate surface area is 105 Å². The van der Waals surface area contributed by atoms with E-state index >= 15 is 0 Å². The van der Waals surface area contributed by atoms with Gasteiger partial charge in [0.1, 0.15) is 0 Å². The molecular formula is C7H20N2O7P2. The highest BCUT2D eigenvalue weighted by Crippen LogP contribution is 2.71. The zero-order valence-electron chi connectivity index (χ0n) is 10.3.